The van der Waals surface area contributed by atoms with Gasteiger partial charge in [-0.1, -0.05) is 15.9 Å². The maximum absolute atomic E-state index is 12.2. The number of nitrogens with zero attached hydrogens (tertiary/aromatic N) is 1. The second-order valence-corrected chi connectivity index (χ2v) is 6.31. The number of carbonyl (C=O) groups is 1. The molecule has 1 aliphatic rings. The van der Waals surface area contributed by atoms with Crippen LogP contribution in [0.1, 0.15) is 30.1 Å². The highest BCUT2D eigenvalue weighted by molar-refractivity contribution is 9.10. The summed E-state index contributed by atoms with van der Waals surface area (Å²) < 4.78 is 6.04. The Morgan fingerprint density at radius 2 is 2.27 bits per heavy atom. The maximum Gasteiger partial charge on any atom is 0.341 e. The number of pyridine rings is 1. The molecular weight excluding hydrogens is 348 g/mol. The SMILES string of the molecule is CCOC(=O)c1cnc2ccc(Br)cc2c1NC1CC(O)C1. The Morgan fingerprint density at radius 3 is 2.95 bits per heavy atom. The summed E-state index contributed by atoms with van der Waals surface area (Å²) in [4.78, 5) is 16.5. The Morgan fingerprint density at radius 1 is 1.50 bits per heavy atom. The van der Waals surface area contributed by atoms with E-state index in [0.717, 1.165) is 21.1 Å². The van der Waals surface area contributed by atoms with E-state index in [1.807, 2.05) is 18.2 Å². The summed E-state index contributed by atoms with van der Waals surface area (Å²) in [6, 6.07) is 5.90. The molecule has 1 saturated carbocycles. The number of anilines is 1. The van der Waals surface area contributed by atoms with E-state index in [0.29, 0.717) is 25.0 Å². The van der Waals surface area contributed by atoms with Crippen molar-refractivity contribution >= 4 is 38.5 Å². The first-order valence-corrected chi connectivity index (χ1v) is 8.07. The van der Waals surface area contributed by atoms with Gasteiger partial charge < -0.3 is 15.2 Å². The molecule has 2 N–H and O–H groups in total. The number of aliphatic hydroxyl groups is 1. The van der Waals surface area contributed by atoms with Crippen molar-refractivity contribution in [3.8, 4) is 0 Å². The van der Waals surface area contributed by atoms with Gasteiger partial charge in [-0.2, -0.15) is 0 Å². The number of nitrogens with one attached hydrogen (secondary N) is 1. The van der Waals surface area contributed by atoms with E-state index in [4.69, 9.17) is 4.74 Å². The van der Waals surface area contributed by atoms with Crippen LogP contribution in [0, 0.1) is 0 Å². The molecule has 1 aliphatic carbocycles. The van der Waals surface area contributed by atoms with Crippen molar-refractivity contribution in [3.63, 3.8) is 0 Å². The molecule has 3 rings (SSSR count). The molecular formula is C16H17BrN2O3. The minimum atomic E-state index is -0.390. The van der Waals surface area contributed by atoms with Gasteiger partial charge in [-0.05, 0) is 38.0 Å². The molecule has 116 valence electrons. The molecule has 1 aromatic carbocycles. The van der Waals surface area contributed by atoms with Crippen molar-refractivity contribution in [2.75, 3.05) is 11.9 Å². The van der Waals surface area contributed by atoms with Crippen molar-refractivity contribution < 1.29 is 14.6 Å². The molecule has 0 amide bonds. The maximum atomic E-state index is 12.2. The number of fused-ring (bicyclic) bond motifs is 1. The number of ether oxygens (including phenoxy) is 1. The average Bonchev–Trinajstić information content (AvgIpc) is 2.46. The number of benzene rings is 1. The fourth-order valence-electron chi connectivity index (χ4n) is 2.59. The van der Waals surface area contributed by atoms with Crippen molar-refractivity contribution in [1.29, 1.82) is 0 Å². The van der Waals surface area contributed by atoms with Crippen molar-refractivity contribution in [1.82, 2.24) is 4.98 Å². The molecule has 0 aliphatic heterocycles. The number of carbonyl (C=O) groups excluding carboxylic acids is 1. The Hall–Kier alpha value is -1.66. The second kappa shape index (κ2) is 6.22. The Kier molecular flexibility index (Phi) is 4.31. The van der Waals surface area contributed by atoms with E-state index >= 15 is 0 Å². The summed E-state index contributed by atoms with van der Waals surface area (Å²) in [6.07, 6.45) is 2.65. The normalized spacial score (nSPS) is 20.5. The predicted molar refractivity (Wildman–Crippen MR) is 88.1 cm³/mol. The molecule has 1 heterocycles. The van der Waals surface area contributed by atoms with Crippen LogP contribution in [0.2, 0.25) is 0 Å². The van der Waals surface area contributed by atoms with Crippen LogP contribution in [-0.4, -0.2) is 34.8 Å². The first kappa shape index (κ1) is 15.2. The summed E-state index contributed by atoms with van der Waals surface area (Å²) in [6.45, 7) is 2.09. The van der Waals surface area contributed by atoms with Crippen molar-refractivity contribution in [2.45, 2.75) is 31.9 Å². The first-order chi connectivity index (χ1) is 10.6. The number of hydrogen-bond acceptors (Lipinski definition) is 5. The minimum absolute atomic E-state index is 0.160. The smallest absolute Gasteiger partial charge is 0.341 e. The molecule has 0 unspecified atom stereocenters. The van der Waals surface area contributed by atoms with Gasteiger partial charge in [0.25, 0.3) is 0 Å². The quantitative estimate of drug-likeness (QED) is 0.815. The van der Waals surface area contributed by atoms with Crippen LogP contribution in [0.15, 0.2) is 28.9 Å². The zero-order chi connectivity index (χ0) is 15.7. The first-order valence-electron chi connectivity index (χ1n) is 7.28. The highest BCUT2D eigenvalue weighted by Crippen LogP contribution is 2.32. The van der Waals surface area contributed by atoms with Crippen LogP contribution in [-0.2, 0) is 4.74 Å². The van der Waals surface area contributed by atoms with Crippen LogP contribution < -0.4 is 5.32 Å². The lowest BCUT2D eigenvalue weighted by Crippen LogP contribution is -2.39. The summed E-state index contributed by atoms with van der Waals surface area (Å²) in [7, 11) is 0. The number of aromatic nitrogens is 1. The molecule has 0 spiro atoms. The molecule has 1 fully saturated rings. The molecule has 0 bridgehead atoms. The highest BCUT2D eigenvalue weighted by atomic mass is 79.9. The number of rotatable bonds is 4. The zero-order valence-electron chi connectivity index (χ0n) is 12.2. The minimum Gasteiger partial charge on any atom is -0.462 e. The lowest BCUT2D eigenvalue weighted by Gasteiger charge is -2.33. The molecule has 0 saturated heterocycles. The van der Waals surface area contributed by atoms with Gasteiger partial charge in [-0.25, -0.2) is 4.79 Å². The van der Waals surface area contributed by atoms with Gasteiger partial charge in [0.1, 0.15) is 5.56 Å². The zero-order valence-corrected chi connectivity index (χ0v) is 13.8. The summed E-state index contributed by atoms with van der Waals surface area (Å²) in [5.41, 5.74) is 1.95. The van der Waals surface area contributed by atoms with Crippen LogP contribution in [0.5, 0.6) is 0 Å². The fourth-order valence-corrected chi connectivity index (χ4v) is 2.95. The molecule has 1 aromatic heterocycles. The summed E-state index contributed by atoms with van der Waals surface area (Å²) >= 11 is 3.45. The highest BCUT2D eigenvalue weighted by Gasteiger charge is 2.29. The van der Waals surface area contributed by atoms with Gasteiger partial charge in [0.05, 0.1) is 23.9 Å². The Balaban J connectivity index is 2.06. The van der Waals surface area contributed by atoms with Crippen LogP contribution in [0.3, 0.4) is 0 Å². The number of aliphatic hydroxyl groups excluding tert-OH is 1. The number of halogens is 1. The molecule has 6 heteroatoms. The lowest BCUT2D eigenvalue weighted by atomic mass is 9.89. The summed E-state index contributed by atoms with van der Waals surface area (Å²) in [5, 5.41) is 13.7. The average molecular weight is 365 g/mol. The third-order valence-electron chi connectivity index (χ3n) is 3.79. The second-order valence-electron chi connectivity index (χ2n) is 5.40. The topological polar surface area (TPSA) is 71.5 Å². The van der Waals surface area contributed by atoms with Crippen LogP contribution in [0.25, 0.3) is 10.9 Å². The van der Waals surface area contributed by atoms with Gasteiger partial charge >= 0.3 is 5.97 Å². The Labute approximate surface area is 136 Å². The lowest BCUT2D eigenvalue weighted by molar-refractivity contribution is 0.0527. The third-order valence-corrected chi connectivity index (χ3v) is 4.28. The van der Waals surface area contributed by atoms with Crippen LogP contribution in [0.4, 0.5) is 5.69 Å². The largest absolute Gasteiger partial charge is 0.462 e. The van der Waals surface area contributed by atoms with Gasteiger partial charge in [0.15, 0.2) is 0 Å². The molecule has 5 nitrogen and oxygen atoms in total. The molecule has 2 aromatic rings. The third kappa shape index (κ3) is 2.94. The number of esters is 1. The van der Waals surface area contributed by atoms with Gasteiger partial charge in [0.2, 0.25) is 0 Å². The van der Waals surface area contributed by atoms with E-state index in [9.17, 15) is 9.90 Å². The van der Waals surface area contributed by atoms with Gasteiger partial charge in [0, 0.05) is 22.1 Å². The standard InChI is InChI=1S/C16H17BrN2O3/c1-2-22-16(21)13-8-18-14-4-3-9(17)5-12(14)15(13)19-10-6-11(20)7-10/h3-5,8,10-11,20H,2,6-7H2,1H3,(H,18,19). The summed E-state index contributed by atoms with van der Waals surface area (Å²) in [5.74, 6) is -0.390. The van der Waals surface area contributed by atoms with Crippen molar-refractivity contribution in [2.24, 2.45) is 0 Å². The monoisotopic (exact) mass is 364 g/mol. The molecule has 0 atom stereocenters. The van der Waals surface area contributed by atoms with Gasteiger partial charge in [-0.15, -0.1) is 0 Å². The van der Waals surface area contributed by atoms with E-state index in [1.54, 1.807) is 13.1 Å². The number of hydrogen-bond donors (Lipinski definition) is 2. The fraction of sp³-hybridized carbons (Fsp3) is 0.375. The van der Waals surface area contributed by atoms with Crippen molar-refractivity contribution in [3.05, 3.63) is 34.4 Å². The van der Waals surface area contributed by atoms with Crippen LogP contribution >= 0.6 is 15.9 Å². The molecule has 22 heavy (non-hydrogen) atoms. The van der Waals surface area contributed by atoms with E-state index < -0.39 is 0 Å². The predicted octanol–water partition coefficient (Wildman–Crippen LogP) is 3.11. The van der Waals surface area contributed by atoms with Gasteiger partial charge in [-0.3, -0.25) is 4.98 Å². The van der Waals surface area contributed by atoms with E-state index in [1.165, 1.54) is 0 Å². The van der Waals surface area contributed by atoms with E-state index in [2.05, 4.69) is 26.2 Å². The molecule has 0 radical (unpaired) electrons. The Bertz CT molecular complexity index is 714. The van der Waals surface area contributed by atoms with E-state index in [-0.39, 0.29) is 18.1 Å².